The molecule has 0 bridgehead atoms. The smallest absolute Gasteiger partial charge is 1.00 e. The molecule has 5 heteroatoms. The van der Waals surface area contributed by atoms with Crippen LogP contribution in [0.3, 0.4) is 0 Å². The molecule has 0 aromatic heterocycles. The van der Waals surface area contributed by atoms with E-state index in [9.17, 15) is 0 Å². The van der Waals surface area contributed by atoms with Gasteiger partial charge in [-0.1, -0.05) is 162 Å². The van der Waals surface area contributed by atoms with Crippen molar-refractivity contribution in [1.82, 2.24) is 0 Å². The fourth-order valence-electron chi connectivity index (χ4n) is 6.60. The minimum absolute atomic E-state index is 0. The zero-order valence-corrected chi connectivity index (χ0v) is 39.6. The molecule has 0 radical (unpaired) electrons. The number of benzene rings is 3. The number of aryl methyl sites for hydroxylation is 1. The quantitative estimate of drug-likeness (QED) is 0.103. The predicted molar refractivity (Wildman–Crippen MR) is 222 cm³/mol. The van der Waals surface area contributed by atoms with Crippen molar-refractivity contribution in [3.8, 4) is 22.6 Å². The Balaban J connectivity index is 0. The molecule has 3 rings (SSSR count). The van der Waals surface area contributed by atoms with Crippen molar-refractivity contribution in [3.63, 3.8) is 0 Å². The van der Waals surface area contributed by atoms with Gasteiger partial charge in [0.2, 0.25) is 0 Å². The van der Waals surface area contributed by atoms with Crippen molar-refractivity contribution < 1.29 is 46.9 Å². The first-order valence-electron chi connectivity index (χ1n) is 19.1. The summed E-state index contributed by atoms with van der Waals surface area (Å²) in [4.78, 5) is 0. The molecule has 0 heterocycles. The zero-order valence-electron chi connectivity index (χ0n) is 35.6. The summed E-state index contributed by atoms with van der Waals surface area (Å²) in [7, 11) is 2.99. The molecule has 51 heavy (non-hydrogen) atoms. The fraction of sp³-hybridized carbons (Fsp3) is 0.609. The standard InChI is InChI=1S/C31H49O2P.C10H13.C5H12.BrH.Pd/c1-19(2)22-17-23(20(3)4)27(24(18-22)21(5)6)28-25(32-13)15-16-26(33-14)29(28)34(30(7,8)9)31(10,11)12;1-2-3-7-10-8-5-4-6-9-10;1-3-5-4-2;;/h15-21H,1-14H3;5-6,8-9H,2-3,7H2,1H3;3-5H2,1-2H3;1H;/q;-1;;;+2/p-1. The number of halogens is 1. The van der Waals surface area contributed by atoms with E-state index in [-0.39, 0.29) is 47.7 Å². The second-order valence-electron chi connectivity index (χ2n) is 16.3. The second kappa shape index (κ2) is 25.0. The molecule has 0 unspecified atom stereocenters. The van der Waals surface area contributed by atoms with Gasteiger partial charge in [0.15, 0.2) is 0 Å². The molecule has 0 amide bonds. The average Bonchev–Trinajstić information content (AvgIpc) is 3.03. The van der Waals surface area contributed by atoms with Gasteiger partial charge in [-0.2, -0.15) is 35.9 Å². The molecule has 0 atom stereocenters. The van der Waals surface area contributed by atoms with Gasteiger partial charge in [0.05, 0.1) is 14.2 Å². The molecule has 0 saturated carbocycles. The van der Waals surface area contributed by atoms with Crippen molar-refractivity contribution in [2.75, 3.05) is 14.2 Å². The van der Waals surface area contributed by atoms with Gasteiger partial charge in [-0.3, -0.25) is 0 Å². The first-order chi connectivity index (χ1) is 22.9. The summed E-state index contributed by atoms with van der Waals surface area (Å²) >= 11 is 0. The van der Waals surface area contributed by atoms with Crippen LogP contribution in [0.25, 0.3) is 11.1 Å². The van der Waals surface area contributed by atoms with Crippen molar-refractivity contribution in [3.05, 3.63) is 76.9 Å². The largest absolute Gasteiger partial charge is 2.00 e. The van der Waals surface area contributed by atoms with Gasteiger partial charge in [0.25, 0.3) is 0 Å². The van der Waals surface area contributed by atoms with E-state index < -0.39 is 7.92 Å². The first kappa shape index (κ1) is 51.9. The molecular formula is C46H74BrO2PPd. The van der Waals surface area contributed by atoms with Crippen molar-refractivity contribution >= 4 is 13.2 Å². The SMILES string of the molecule is CCCCC.CCCCc1cc[c-]cc1.COc1ccc(OC)c(P(C(C)(C)C)C(C)(C)C)c1-c1c(C(C)C)cc(C(C)C)cc1C(C)C.[Br-].[Pd+2]. The van der Waals surface area contributed by atoms with E-state index in [4.69, 9.17) is 9.47 Å². The maximum atomic E-state index is 6.12. The van der Waals surface area contributed by atoms with Gasteiger partial charge in [0, 0.05) is 10.9 Å². The Morgan fingerprint density at radius 1 is 0.627 bits per heavy atom. The van der Waals surface area contributed by atoms with Crippen LogP contribution < -0.4 is 31.8 Å². The average molecular weight is 876 g/mol. The molecule has 3 aromatic rings. The minimum atomic E-state index is -0.619. The van der Waals surface area contributed by atoms with Gasteiger partial charge in [-0.15, -0.1) is 0 Å². The van der Waals surface area contributed by atoms with Crippen LogP contribution in [-0.2, 0) is 26.8 Å². The normalized spacial score (nSPS) is 11.3. The van der Waals surface area contributed by atoms with E-state index in [0.29, 0.717) is 17.8 Å². The van der Waals surface area contributed by atoms with E-state index in [0.717, 1.165) is 11.5 Å². The number of methoxy groups -OCH3 is 2. The van der Waals surface area contributed by atoms with E-state index in [1.165, 1.54) is 77.2 Å². The van der Waals surface area contributed by atoms with Crippen LogP contribution in [0.15, 0.2) is 48.5 Å². The van der Waals surface area contributed by atoms with Crippen molar-refractivity contribution in [1.29, 1.82) is 0 Å². The summed E-state index contributed by atoms with van der Waals surface area (Å²) in [5.41, 5.74) is 8.23. The van der Waals surface area contributed by atoms with Crippen molar-refractivity contribution in [2.45, 2.75) is 170 Å². The Morgan fingerprint density at radius 3 is 1.39 bits per heavy atom. The minimum Gasteiger partial charge on any atom is -1.00 e. The predicted octanol–water partition coefficient (Wildman–Crippen LogP) is 11.5. The van der Waals surface area contributed by atoms with E-state index in [1.54, 1.807) is 7.11 Å². The van der Waals surface area contributed by atoms with Crippen LogP contribution in [0.5, 0.6) is 11.5 Å². The van der Waals surface area contributed by atoms with Gasteiger partial charge in [-0.25, -0.2) is 0 Å². The molecule has 0 fully saturated rings. The van der Waals surface area contributed by atoms with Gasteiger partial charge in [0.1, 0.15) is 11.5 Å². The molecular weight excluding hydrogens is 802 g/mol. The maximum absolute atomic E-state index is 6.12. The summed E-state index contributed by atoms with van der Waals surface area (Å²) in [5.74, 6) is 3.19. The summed E-state index contributed by atoms with van der Waals surface area (Å²) in [5, 5.41) is 1.52. The molecule has 0 saturated heterocycles. The molecule has 0 spiro atoms. The topological polar surface area (TPSA) is 18.5 Å². The van der Waals surface area contributed by atoms with E-state index in [1.807, 2.05) is 19.2 Å². The Morgan fingerprint density at radius 2 is 1.06 bits per heavy atom. The van der Waals surface area contributed by atoms with Crippen molar-refractivity contribution in [2.24, 2.45) is 0 Å². The van der Waals surface area contributed by atoms with Gasteiger partial charge in [-0.05, 0) is 62.5 Å². The van der Waals surface area contributed by atoms with Crippen LogP contribution in [-0.4, -0.2) is 24.5 Å². The second-order valence-corrected chi connectivity index (χ2v) is 20.1. The third-order valence-corrected chi connectivity index (χ3v) is 12.4. The van der Waals surface area contributed by atoms with Gasteiger partial charge < -0.3 is 26.5 Å². The Hall–Kier alpha value is -1.17. The van der Waals surface area contributed by atoms with Crippen LogP contribution in [0.1, 0.15) is 176 Å². The number of ether oxygens (including phenoxy) is 2. The summed E-state index contributed by atoms with van der Waals surface area (Å²) in [6.45, 7) is 34.7. The van der Waals surface area contributed by atoms with E-state index in [2.05, 4.69) is 146 Å². The third kappa shape index (κ3) is 16.0. The van der Waals surface area contributed by atoms with E-state index >= 15 is 0 Å². The molecule has 0 aliphatic heterocycles. The fourth-order valence-corrected chi connectivity index (χ4v) is 10.8. The Kier molecular flexibility index (Phi) is 25.5. The van der Waals surface area contributed by atoms with Crippen LogP contribution in [0.2, 0.25) is 0 Å². The van der Waals surface area contributed by atoms with Crippen LogP contribution >= 0.6 is 7.92 Å². The maximum Gasteiger partial charge on any atom is 2.00 e. The Bertz CT molecular complexity index is 1330. The van der Waals surface area contributed by atoms with Crippen LogP contribution in [0, 0.1) is 6.07 Å². The molecule has 0 N–H and O–H groups in total. The molecule has 0 aliphatic carbocycles. The number of unbranched alkanes of at least 4 members (excludes halogenated alkanes) is 3. The third-order valence-electron chi connectivity index (χ3n) is 8.80. The number of hydrogen-bond acceptors (Lipinski definition) is 2. The van der Waals surface area contributed by atoms with Gasteiger partial charge >= 0.3 is 20.4 Å². The zero-order chi connectivity index (χ0) is 37.5. The first-order valence-corrected chi connectivity index (χ1v) is 20.4. The number of hydrogen-bond donors (Lipinski definition) is 0. The summed E-state index contributed by atoms with van der Waals surface area (Å²) < 4.78 is 12.2. The molecule has 2 nitrogen and oxygen atoms in total. The molecule has 3 aromatic carbocycles. The van der Waals surface area contributed by atoms with Crippen LogP contribution in [0.4, 0.5) is 0 Å². The Labute approximate surface area is 342 Å². The summed E-state index contributed by atoms with van der Waals surface area (Å²) in [6, 6.07) is 20.3. The number of rotatable bonds is 12. The molecule has 0 aliphatic rings. The summed E-state index contributed by atoms with van der Waals surface area (Å²) in [6.07, 6.45) is 7.86. The monoisotopic (exact) mass is 874 g/mol. The molecule has 292 valence electrons.